The van der Waals surface area contributed by atoms with Gasteiger partial charge in [-0.3, -0.25) is 9.88 Å². The van der Waals surface area contributed by atoms with E-state index in [9.17, 15) is 0 Å². The molecule has 1 saturated heterocycles. The quantitative estimate of drug-likeness (QED) is 0.862. The second-order valence-electron chi connectivity index (χ2n) is 6.15. The predicted octanol–water partition coefficient (Wildman–Crippen LogP) is 2.66. The average molecular weight is 331 g/mol. The molecular weight excluding hydrogens is 310 g/mol. The van der Waals surface area contributed by atoms with Crippen LogP contribution < -0.4 is 4.74 Å². The molecule has 122 valence electrons. The Kier molecular flexibility index (Phi) is 4.29. The van der Waals surface area contributed by atoms with E-state index in [4.69, 9.17) is 9.47 Å². The van der Waals surface area contributed by atoms with Crippen LogP contribution in [0.2, 0.25) is 0 Å². The van der Waals surface area contributed by atoms with Gasteiger partial charge in [0.05, 0.1) is 23.5 Å². The van der Waals surface area contributed by atoms with Crippen LogP contribution in [-0.2, 0) is 11.3 Å². The van der Waals surface area contributed by atoms with E-state index in [2.05, 4.69) is 27.2 Å². The first-order valence-electron chi connectivity index (χ1n) is 8.13. The van der Waals surface area contributed by atoms with Crippen LogP contribution in [0, 0.1) is 6.92 Å². The van der Waals surface area contributed by atoms with E-state index < -0.39 is 0 Å². The van der Waals surface area contributed by atoms with Crippen molar-refractivity contribution in [3.8, 4) is 5.75 Å². The third-order valence-corrected chi connectivity index (χ3v) is 5.43. The number of aromatic nitrogens is 2. The highest BCUT2D eigenvalue weighted by atomic mass is 32.1. The Bertz CT molecular complexity index is 648. The van der Waals surface area contributed by atoms with Crippen molar-refractivity contribution in [3.05, 3.63) is 40.6 Å². The summed E-state index contributed by atoms with van der Waals surface area (Å²) >= 11 is 1.72. The molecule has 3 atom stereocenters. The minimum absolute atomic E-state index is 0.115. The molecule has 4 rings (SSSR count). The largest absolute Gasteiger partial charge is 0.486 e. The van der Waals surface area contributed by atoms with Crippen LogP contribution in [0.3, 0.4) is 0 Å². The number of hydrogen-bond donors (Lipinski definition) is 0. The topological polar surface area (TPSA) is 47.5 Å². The summed E-state index contributed by atoms with van der Waals surface area (Å²) in [4.78, 5) is 11.2. The van der Waals surface area contributed by atoms with Crippen molar-refractivity contribution in [1.29, 1.82) is 0 Å². The first-order valence-corrected chi connectivity index (χ1v) is 9.01. The number of hydrogen-bond acceptors (Lipinski definition) is 6. The van der Waals surface area contributed by atoms with Gasteiger partial charge in [-0.1, -0.05) is 0 Å². The van der Waals surface area contributed by atoms with Gasteiger partial charge < -0.3 is 9.47 Å². The third kappa shape index (κ3) is 3.24. The molecule has 2 fully saturated rings. The molecule has 0 radical (unpaired) electrons. The maximum absolute atomic E-state index is 6.12. The normalized spacial score (nSPS) is 27.8. The van der Waals surface area contributed by atoms with Crippen LogP contribution in [-0.4, -0.2) is 46.3 Å². The number of fused-ring (bicyclic) bond motifs is 1. The number of pyridine rings is 1. The van der Waals surface area contributed by atoms with Crippen LogP contribution >= 0.6 is 11.3 Å². The molecule has 23 heavy (non-hydrogen) atoms. The highest BCUT2D eigenvalue weighted by molar-refractivity contribution is 7.09. The zero-order valence-corrected chi connectivity index (χ0v) is 14.0. The molecule has 1 saturated carbocycles. The third-order valence-electron chi connectivity index (χ3n) is 4.60. The van der Waals surface area contributed by atoms with Crippen molar-refractivity contribution in [2.24, 2.45) is 0 Å². The molecule has 0 aromatic carbocycles. The van der Waals surface area contributed by atoms with Crippen LogP contribution in [0.4, 0.5) is 0 Å². The standard InChI is InChI=1S/C17H21N3O2S/c1-12-19-13(11-23-12)10-20-7-8-21-17-15(20)4-5-16(17)22-14-3-2-6-18-9-14/h2-3,6,9,11,15-17H,4-5,7-8,10H2,1H3/t15-,16-,17+/m1/s1. The van der Waals surface area contributed by atoms with Gasteiger partial charge in [0.15, 0.2) is 0 Å². The van der Waals surface area contributed by atoms with Gasteiger partial charge in [0.2, 0.25) is 0 Å². The van der Waals surface area contributed by atoms with Crippen LogP contribution in [0.15, 0.2) is 29.9 Å². The Balaban J connectivity index is 1.43. The fourth-order valence-corrected chi connectivity index (χ4v) is 4.20. The zero-order valence-electron chi connectivity index (χ0n) is 13.2. The number of ether oxygens (including phenoxy) is 2. The van der Waals surface area contributed by atoms with Gasteiger partial charge in [-0.25, -0.2) is 4.98 Å². The molecule has 2 aromatic heterocycles. The lowest BCUT2D eigenvalue weighted by Gasteiger charge is -2.38. The molecular formula is C17H21N3O2S. The van der Waals surface area contributed by atoms with Crippen molar-refractivity contribution >= 4 is 11.3 Å². The second kappa shape index (κ2) is 6.55. The van der Waals surface area contributed by atoms with Crippen molar-refractivity contribution < 1.29 is 9.47 Å². The highest BCUT2D eigenvalue weighted by Gasteiger charge is 2.44. The second-order valence-corrected chi connectivity index (χ2v) is 7.22. The van der Waals surface area contributed by atoms with Crippen molar-refractivity contribution in [1.82, 2.24) is 14.9 Å². The van der Waals surface area contributed by atoms with E-state index in [1.165, 1.54) is 5.69 Å². The Hall–Kier alpha value is -1.50. The molecule has 3 heterocycles. The Morgan fingerprint density at radius 2 is 2.39 bits per heavy atom. The molecule has 0 bridgehead atoms. The Morgan fingerprint density at radius 1 is 1.43 bits per heavy atom. The maximum atomic E-state index is 6.12. The summed E-state index contributed by atoms with van der Waals surface area (Å²) in [5.41, 5.74) is 1.17. The van der Waals surface area contributed by atoms with E-state index in [0.717, 1.165) is 43.3 Å². The first kappa shape index (κ1) is 15.1. The number of rotatable bonds is 4. The van der Waals surface area contributed by atoms with E-state index >= 15 is 0 Å². The number of aryl methyl sites for hydroxylation is 1. The molecule has 6 heteroatoms. The van der Waals surface area contributed by atoms with Crippen molar-refractivity contribution in [3.63, 3.8) is 0 Å². The van der Waals surface area contributed by atoms with Gasteiger partial charge in [0.25, 0.3) is 0 Å². The number of thiazole rings is 1. The minimum atomic E-state index is 0.115. The van der Waals surface area contributed by atoms with Gasteiger partial charge in [-0.2, -0.15) is 0 Å². The lowest BCUT2D eigenvalue weighted by molar-refractivity contribution is -0.0918. The summed E-state index contributed by atoms with van der Waals surface area (Å²) in [5, 5.41) is 3.30. The molecule has 0 spiro atoms. The van der Waals surface area contributed by atoms with Crippen LogP contribution in [0.1, 0.15) is 23.5 Å². The van der Waals surface area contributed by atoms with Gasteiger partial charge in [-0.05, 0) is 31.9 Å². The van der Waals surface area contributed by atoms with Gasteiger partial charge in [-0.15, -0.1) is 11.3 Å². The van der Waals surface area contributed by atoms with Gasteiger partial charge in [0.1, 0.15) is 18.0 Å². The van der Waals surface area contributed by atoms with Gasteiger partial charge >= 0.3 is 0 Å². The molecule has 2 aromatic rings. The molecule has 1 aliphatic carbocycles. The highest BCUT2D eigenvalue weighted by Crippen LogP contribution is 2.33. The van der Waals surface area contributed by atoms with Crippen molar-refractivity contribution in [2.75, 3.05) is 13.2 Å². The molecule has 2 aliphatic rings. The lowest BCUT2D eigenvalue weighted by atomic mass is 10.1. The Morgan fingerprint density at radius 3 is 3.17 bits per heavy atom. The Labute approximate surface area is 140 Å². The average Bonchev–Trinajstić information content (AvgIpc) is 3.16. The summed E-state index contributed by atoms with van der Waals surface area (Å²) in [6.07, 6.45) is 5.92. The van der Waals surface area contributed by atoms with E-state index in [1.54, 1.807) is 23.7 Å². The predicted molar refractivity (Wildman–Crippen MR) is 88.7 cm³/mol. The lowest BCUT2D eigenvalue weighted by Crippen LogP contribution is -2.51. The van der Waals surface area contributed by atoms with Gasteiger partial charge in [0, 0.05) is 30.7 Å². The summed E-state index contributed by atoms with van der Waals surface area (Å²) in [5.74, 6) is 0.828. The van der Waals surface area contributed by atoms with Crippen LogP contribution in [0.5, 0.6) is 5.75 Å². The monoisotopic (exact) mass is 331 g/mol. The molecule has 0 amide bonds. The number of morpholine rings is 1. The number of nitrogens with zero attached hydrogens (tertiary/aromatic N) is 3. The summed E-state index contributed by atoms with van der Waals surface area (Å²) in [7, 11) is 0. The molecule has 0 N–H and O–H groups in total. The summed E-state index contributed by atoms with van der Waals surface area (Å²) in [6, 6.07) is 4.28. The maximum Gasteiger partial charge on any atom is 0.138 e. The SMILES string of the molecule is Cc1nc(CN2CCO[C@H]3[C@H]2CC[C@H]3Oc2cccnc2)cs1. The minimum Gasteiger partial charge on any atom is -0.486 e. The zero-order chi connectivity index (χ0) is 15.6. The van der Waals surface area contributed by atoms with E-state index in [0.29, 0.717) is 6.04 Å². The van der Waals surface area contributed by atoms with E-state index in [-0.39, 0.29) is 12.2 Å². The van der Waals surface area contributed by atoms with Crippen LogP contribution in [0.25, 0.3) is 0 Å². The van der Waals surface area contributed by atoms with E-state index in [1.807, 2.05) is 12.1 Å². The first-order chi connectivity index (χ1) is 11.3. The smallest absolute Gasteiger partial charge is 0.138 e. The fraction of sp³-hybridized carbons (Fsp3) is 0.529. The van der Waals surface area contributed by atoms with Crippen molar-refractivity contribution in [2.45, 2.75) is 44.6 Å². The molecule has 5 nitrogen and oxygen atoms in total. The molecule has 1 aliphatic heterocycles. The fourth-order valence-electron chi connectivity index (χ4n) is 3.59. The summed E-state index contributed by atoms with van der Waals surface area (Å²) in [6.45, 7) is 4.70. The molecule has 0 unspecified atom stereocenters. The summed E-state index contributed by atoms with van der Waals surface area (Å²) < 4.78 is 12.2.